The SMILES string of the molecule is CC/C=C/C/C=C/C/C=C/C/C=C/C/C=C/CCCC(=O)OCC(COC(=O)CC/C=C/C/C=C/CCCCCCCC)OC(=O)CCCCCCC/C=C/CCCCCCCCC. The van der Waals surface area contributed by atoms with Gasteiger partial charge in [-0.05, 0) is 103 Å². The molecule has 0 heterocycles. The van der Waals surface area contributed by atoms with Crippen molar-refractivity contribution in [2.75, 3.05) is 13.2 Å². The number of hydrogen-bond acceptors (Lipinski definition) is 6. The van der Waals surface area contributed by atoms with E-state index in [9.17, 15) is 14.4 Å². The van der Waals surface area contributed by atoms with Crippen LogP contribution in [0.5, 0.6) is 0 Å². The molecule has 0 N–H and O–H groups in total. The zero-order valence-corrected chi connectivity index (χ0v) is 41.5. The van der Waals surface area contributed by atoms with Crippen LogP contribution in [-0.4, -0.2) is 37.2 Å². The minimum absolute atomic E-state index is 0.128. The van der Waals surface area contributed by atoms with Gasteiger partial charge >= 0.3 is 17.9 Å². The molecule has 0 aliphatic heterocycles. The molecule has 0 radical (unpaired) electrons. The van der Waals surface area contributed by atoms with Gasteiger partial charge in [-0.15, -0.1) is 0 Å². The number of rotatable bonds is 46. The van der Waals surface area contributed by atoms with Gasteiger partial charge in [0, 0.05) is 19.3 Å². The quantitative estimate of drug-likeness (QED) is 0.0262. The number of hydrogen-bond donors (Lipinski definition) is 0. The van der Waals surface area contributed by atoms with E-state index >= 15 is 0 Å². The van der Waals surface area contributed by atoms with Gasteiger partial charge in [0.15, 0.2) is 6.10 Å². The van der Waals surface area contributed by atoms with Crippen molar-refractivity contribution in [2.45, 2.75) is 239 Å². The molecule has 1 atom stereocenters. The summed E-state index contributed by atoms with van der Waals surface area (Å²) in [4.78, 5) is 37.9. The summed E-state index contributed by atoms with van der Waals surface area (Å²) in [5.74, 6) is -1.06. The van der Waals surface area contributed by atoms with Gasteiger partial charge in [0.25, 0.3) is 0 Å². The van der Waals surface area contributed by atoms with Crippen molar-refractivity contribution in [2.24, 2.45) is 0 Å². The highest BCUT2D eigenvalue weighted by molar-refractivity contribution is 5.71. The fourth-order valence-corrected chi connectivity index (χ4v) is 6.88. The van der Waals surface area contributed by atoms with Crippen LogP contribution in [-0.2, 0) is 28.6 Å². The van der Waals surface area contributed by atoms with Crippen LogP contribution in [0.15, 0.2) is 97.2 Å². The second kappa shape index (κ2) is 52.0. The Labute approximate surface area is 394 Å². The second-order valence-corrected chi connectivity index (χ2v) is 17.0. The topological polar surface area (TPSA) is 78.9 Å². The van der Waals surface area contributed by atoms with E-state index in [0.717, 1.165) is 83.5 Å². The Kier molecular flexibility index (Phi) is 49.0. The first-order valence-corrected chi connectivity index (χ1v) is 26.2. The lowest BCUT2D eigenvalue weighted by Gasteiger charge is -2.18. The zero-order chi connectivity index (χ0) is 46.5. The Morgan fingerprint density at radius 3 is 1.11 bits per heavy atom. The van der Waals surface area contributed by atoms with Crippen molar-refractivity contribution in [1.82, 2.24) is 0 Å². The van der Waals surface area contributed by atoms with Crippen LogP contribution in [0.4, 0.5) is 0 Å². The molecule has 6 heteroatoms. The van der Waals surface area contributed by atoms with Crippen molar-refractivity contribution >= 4 is 17.9 Å². The van der Waals surface area contributed by atoms with Crippen molar-refractivity contribution in [1.29, 1.82) is 0 Å². The first-order valence-electron chi connectivity index (χ1n) is 26.2. The van der Waals surface area contributed by atoms with E-state index in [1.165, 1.54) is 96.3 Å². The van der Waals surface area contributed by atoms with Gasteiger partial charge in [-0.1, -0.05) is 208 Å². The Morgan fingerprint density at radius 1 is 0.328 bits per heavy atom. The van der Waals surface area contributed by atoms with Gasteiger partial charge in [0.1, 0.15) is 13.2 Å². The minimum atomic E-state index is -0.827. The van der Waals surface area contributed by atoms with E-state index in [0.29, 0.717) is 19.3 Å². The number of unbranched alkanes of at least 4 members (excludes halogenated alkanes) is 19. The summed E-state index contributed by atoms with van der Waals surface area (Å²) >= 11 is 0. The molecule has 6 nitrogen and oxygen atoms in total. The van der Waals surface area contributed by atoms with E-state index in [-0.39, 0.29) is 44.0 Å². The van der Waals surface area contributed by atoms with Crippen LogP contribution in [0.25, 0.3) is 0 Å². The molecule has 0 aromatic rings. The molecule has 0 fully saturated rings. The number of allylic oxidation sites excluding steroid dienone is 16. The summed E-state index contributed by atoms with van der Waals surface area (Å²) < 4.78 is 16.7. The molecule has 0 saturated carbocycles. The molecule has 364 valence electrons. The first-order chi connectivity index (χ1) is 31.5. The average molecular weight is 889 g/mol. The summed E-state index contributed by atoms with van der Waals surface area (Å²) in [6.07, 6.45) is 68.4. The molecular weight excluding hydrogens is 793 g/mol. The van der Waals surface area contributed by atoms with E-state index in [2.05, 4.69) is 112 Å². The Morgan fingerprint density at radius 2 is 0.656 bits per heavy atom. The molecule has 0 aromatic heterocycles. The lowest BCUT2D eigenvalue weighted by molar-refractivity contribution is -0.166. The average Bonchev–Trinajstić information content (AvgIpc) is 3.29. The number of carbonyl (C=O) groups is 3. The maximum absolute atomic E-state index is 12.8. The smallest absolute Gasteiger partial charge is 0.306 e. The minimum Gasteiger partial charge on any atom is -0.462 e. The largest absolute Gasteiger partial charge is 0.462 e. The maximum Gasteiger partial charge on any atom is 0.306 e. The van der Waals surface area contributed by atoms with Crippen LogP contribution in [0.2, 0.25) is 0 Å². The normalized spacial score (nSPS) is 12.9. The van der Waals surface area contributed by atoms with E-state index < -0.39 is 6.10 Å². The zero-order valence-electron chi connectivity index (χ0n) is 41.5. The predicted molar refractivity (Wildman–Crippen MR) is 274 cm³/mol. The molecule has 0 rings (SSSR count). The fourth-order valence-electron chi connectivity index (χ4n) is 6.88. The number of carbonyl (C=O) groups excluding carboxylic acids is 3. The van der Waals surface area contributed by atoms with Gasteiger partial charge in [-0.25, -0.2) is 0 Å². The molecular formula is C58H96O6. The van der Waals surface area contributed by atoms with Crippen LogP contribution in [0, 0.1) is 0 Å². The Bertz CT molecular complexity index is 1300. The van der Waals surface area contributed by atoms with Crippen LogP contribution in [0.1, 0.15) is 233 Å². The van der Waals surface area contributed by atoms with Crippen LogP contribution in [0.3, 0.4) is 0 Å². The van der Waals surface area contributed by atoms with Gasteiger partial charge in [-0.3, -0.25) is 14.4 Å². The van der Waals surface area contributed by atoms with E-state index in [1.54, 1.807) is 0 Å². The van der Waals surface area contributed by atoms with Crippen molar-refractivity contribution in [3.05, 3.63) is 97.2 Å². The highest BCUT2D eigenvalue weighted by Crippen LogP contribution is 2.13. The molecule has 1 unspecified atom stereocenters. The van der Waals surface area contributed by atoms with Gasteiger partial charge in [-0.2, -0.15) is 0 Å². The number of ether oxygens (including phenoxy) is 3. The Balaban J connectivity index is 4.55. The highest BCUT2D eigenvalue weighted by atomic mass is 16.6. The van der Waals surface area contributed by atoms with Gasteiger partial charge in [0.05, 0.1) is 0 Å². The molecule has 0 bridgehead atoms. The van der Waals surface area contributed by atoms with E-state index in [4.69, 9.17) is 14.2 Å². The van der Waals surface area contributed by atoms with Gasteiger partial charge < -0.3 is 14.2 Å². The molecule has 0 aliphatic rings. The van der Waals surface area contributed by atoms with Crippen molar-refractivity contribution in [3.8, 4) is 0 Å². The molecule has 0 amide bonds. The molecule has 0 saturated heterocycles. The maximum atomic E-state index is 12.8. The monoisotopic (exact) mass is 889 g/mol. The summed E-state index contributed by atoms with van der Waals surface area (Å²) in [6.45, 7) is 6.40. The second-order valence-electron chi connectivity index (χ2n) is 17.0. The van der Waals surface area contributed by atoms with Crippen molar-refractivity contribution in [3.63, 3.8) is 0 Å². The van der Waals surface area contributed by atoms with Crippen LogP contribution < -0.4 is 0 Å². The summed E-state index contributed by atoms with van der Waals surface area (Å²) in [5.41, 5.74) is 0. The lowest BCUT2D eigenvalue weighted by atomic mass is 10.1. The first kappa shape index (κ1) is 60.3. The molecule has 0 aliphatic carbocycles. The lowest BCUT2D eigenvalue weighted by Crippen LogP contribution is -2.30. The molecule has 64 heavy (non-hydrogen) atoms. The summed E-state index contributed by atoms with van der Waals surface area (Å²) in [7, 11) is 0. The molecule has 0 spiro atoms. The third-order valence-corrected chi connectivity index (χ3v) is 10.8. The van der Waals surface area contributed by atoms with Crippen LogP contribution >= 0.6 is 0 Å². The third-order valence-electron chi connectivity index (χ3n) is 10.8. The standard InChI is InChI=1S/C58H96O6/c1-4-7-10-13-16-19-22-25-27-29-31-33-36-39-42-45-48-51-57(60)63-54-55(53-62-56(59)50-47-44-41-38-35-32-24-21-18-15-12-9-6-3)64-58(61)52-49-46-43-40-37-34-30-28-26-23-20-17-14-11-8-5-2/h7,10,16,19,25,27-28,30-33,35,39,41-42,44,55H,4-6,8-9,11-15,17-18,20-24,26,29,34,36-38,40,43,45-54H2,1-3H3/b10-7+,19-16+,27-25+,30-28+,33-31+,35-32+,42-39+,44-41+. The Hall–Kier alpha value is -3.67. The number of esters is 3. The van der Waals surface area contributed by atoms with Gasteiger partial charge in [0.2, 0.25) is 0 Å². The fraction of sp³-hybridized carbons (Fsp3) is 0.672. The third kappa shape index (κ3) is 49.3. The summed E-state index contributed by atoms with van der Waals surface area (Å²) in [6, 6.07) is 0. The highest BCUT2D eigenvalue weighted by Gasteiger charge is 2.19. The summed E-state index contributed by atoms with van der Waals surface area (Å²) in [5, 5.41) is 0. The predicted octanol–water partition coefficient (Wildman–Crippen LogP) is 17.4. The van der Waals surface area contributed by atoms with E-state index in [1.807, 2.05) is 6.08 Å². The van der Waals surface area contributed by atoms with Crippen molar-refractivity contribution < 1.29 is 28.6 Å². The molecule has 0 aromatic carbocycles.